The highest BCUT2D eigenvalue weighted by Gasteiger charge is 2.28. The lowest BCUT2D eigenvalue weighted by Gasteiger charge is -2.31. The van der Waals surface area contributed by atoms with E-state index in [4.69, 9.17) is 16.3 Å². The normalized spacial score (nSPS) is 11.6. The molecule has 162 valence electrons. The molecular weight excluding hydrogens is 400 g/mol. The van der Waals surface area contributed by atoms with Crippen molar-refractivity contribution in [2.75, 3.05) is 13.7 Å². The number of nitrogens with one attached hydrogen (secondary N) is 1. The standard InChI is InChI=1S/C24H31ClN2O3/c1-4-16-26-24(29)22(5-2)27(17-18-10-13-20(30-3)14-11-18)23(28)15-12-19-8-6-7-9-21(19)25/h6-11,13-14,22H,4-5,12,15-17H2,1-3H3,(H,26,29). The Kier molecular flexibility index (Phi) is 9.68. The van der Waals surface area contributed by atoms with Crippen molar-refractivity contribution < 1.29 is 14.3 Å². The first-order valence-corrected chi connectivity index (χ1v) is 10.8. The van der Waals surface area contributed by atoms with Gasteiger partial charge in [-0.3, -0.25) is 9.59 Å². The van der Waals surface area contributed by atoms with Crippen molar-refractivity contribution in [1.82, 2.24) is 10.2 Å². The molecule has 2 aromatic rings. The highest BCUT2D eigenvalue weighted by Crippen LogP contribution is 2.20. The molecule has 0 spiro atoms. The molecule has 1 atom stereocenters. The van der Waals surface area contributed by atoms with Crippen LogP contribution in [0.1, 0.15) is 44.2 Å². The SMILES string of the molecule is CCCNC(=O)C(CC)N(Cc1ccc(OC)cc1)C(=O)CCc1ccccc1Cl. The van der Waals surface area contributed by atoms with Gasteiger partial charge < -0.3 is 15.0 Å². The van der Waals surface area contributed by atoms with E-state index >= 15 is 0 Å². The summed E-state index contributed by atoms with van der Waals surface area (Å²) in [6, 6.07) is 14.6. The molecule has 6 heteroatoms. The summed E-state index contributed by atoms with van der Waals surface area (Å²) in [5.41, 5.74) is 1.88. The lowest BCUT2D eigenvalue weighted by atomic mass is 10.1. The number of carbonyl (C=O) groups excluding carboxylic acids is 2. The van der Waals surface area contributed by atoms with Gasteiger partial charge in [0.05, 0.1) is 7.11 Å². The van der Waals surface area contributed by atoms with Crippen molar-refractivity contribution >= 4 is 23.4 Å². The number of nitrogens with zero attached hydrogens (tertiary/aromatic N) is 1. The van der Waals surface area contributed by atoms with Gasteiger partial charge in [-0.1, -0.05) is 55.8 Å². The summed E-state index contributed by atoms with van der Waals surface area (Å²) in [5.74, 6) is 0.575. The van der Waals surface area contributed by atoms with Crippen LogP contribution in [0.25, 0.3) is 0 Å². The number of rotatable bonds is 11. The molecule has 0 bridgehead atoms. The molecule has 30 heavy (non-hydrogen) atoms. The van der Waals surface area contributed by atoms with Crippen molar-refractivity contribution in [2.45, 2.75) is 52.1 Å². The molecular formula is C24H31ClN2O3. The Hall–Kier alpha value is -2.53. The van der Waals surface area contributed by atoms with Crippen LogP contribution in [-0.2, 0) is 22.6 Å². The fourth-order valence-electron chi connectivity index (χ4n) is 3.30. The predicted molar refractivity (Wildman–Crippen MR) is 121 cm³/mol. The van der Waals surface area contributed by atoms with Crippen LogP contribution in [0.15, 0.2) is 48.5 Å². The number of benzene rings is 2. The molecule has 1 N–H and O–H groups in total. The van der Waals surface area contributed by atoms with Crippen molar-refractivity contribution in [1.29, 1.82) is 0 Å². The number of methoxy groups -OCH3 is 1. The highest BCUT2D eigenvalue weighted by molar-refractivity contribution is 6.31. The monoisotopic (exact) mass is 430 g/mol. The van der Waals surface area contributed by atoms with Crippen LogP contribution in [0.2, 0.25) is 5.02 Å². The van der Waals surface area contributed by atoms with Gasteiger partial charge in [-0.15, -0.1) is 0 Å². The second kappa shape index (κ2) is 12.2. The summed E-state index contributed by atoms with van der Waals surface area (Å²) in [6.07, 6.45) is 2.22. The number of halogens is 1. The van der Waals surface area contributed by atoms with Crippen molar-refractivity contribution in [3.63, 3.8) is 0 Å². The maximum absolute atomic E-state index is 13.2. The Morgan fingerprint density at radius 3 is 2.40 bits per heavy atom. The molecule has 2 rings (SSSR count). The molecule has 2 aromatic carbocycles. The van der Waals surface area contributed by atoms with Gasteiger partial charge in [-0.2, -0.15) is 0 Å². The van der Waals surface area contributed by atoms with E-state index in [1.165, 1.54) is 0 Å². The maximum Gasteiger partial charge on any atom is 0.242 e. The second-order valence-electron chi connectivity index (χ2n) is 7.18. The zero-order valence-corrected chi connectivity index (χ0v) is 18.7. The highest BCUT2D eigenvalue weighted by atomic mass is 35.5. The summed E-state index contributed by atoms with van der Waals surface area (Å²) in [7, 11) is 1.62. The summed E-state index contributed by atoms with van der Waals surface area (Å²) in [4.78, 5) is 27.6. The van der Waals surface area contributed by atoms with E-state index in [0.29, 0.717) is 31.0 Å². The van der Waals surface area contributed by atoms with Gasteiger partial charge in [0.2, 0.25) is 11.8 Å². The largest absolute Gasteiger partial charge is 0.497 e. The summed E-state index contributed by atoms with van der Waals surface area (Å²) >= 11 is 6.24. The number of aryl methyl sites for hydroxylation is 1. The third-order valence-electron chi connectivity index (χ3n) is 5.01. The number of carbonyl (C=O) groups is 2. The molecule has 0 saturated carbocycles. The first-order chi connectivity index (χ1) is 14.5. The van der Waals surface area contributed by atoms with Gasteiger partial charge in [-0.05, 0) is 48.6 Å². The quantitative estimate of drug-likeness (QED) is 0.566. The average Bonchev–Trinajstić information content (AvgIpc) is 2.77. The third kappa shape index (κ3) is 6.77. The summed E-state index contributed by atoms with van der Waals surface area (Å²) < 4.78 is 5.21. The van der Waals surface area contributed by atoms with E-state index in [0.717, 1.165) is 23.3 Å². The minimum atomic E-state index is -0.516. The third-order valence-corrected chi connectivity index (χ3v) is 5.38. The first-order valence-electron chi connectivity index (χ1n) is 10.4. The van der Waals surface area contributed by atoms with Crippen LogP contribution < -0.4 is 10.1 Å². The molecule has 0 aliphatic heterocycles. The predicted octanol–water partition coefficient (Wildman–Crippen LogP) is 4.61. The van der Waals surface area contributed by atoms with Crippen LogP contribution in [0, 0.1) is 0 Å². The molecule has 0 aliphatic rings. The Morgan fingerprint density at radius 1 is 1.10 bits per heavy atom. The molecule has 0 heterocycles. The van der Waals surface area contributed by atoms with Crippen LogP contribution in [0.3, 0.4) is 0 Å². The van der Waals surface area contributed by atoms with E-state index < -0.39 is 6.04 Å². The molecule has 0 aliphatic carbocycles. The zero-order valence-electron chi connectivity index (χ0n) is 18.0. The molecule has 1 unspecified atom stereocenters. The topological polar surface area (TPSA) is 58.6 Å². The number of hydrogen-bond acceptors (Lipinski definition) is 3. The van der Waals surface area contributed by atoms with E-state index in [9.17, 15) is 9.59 Å². The second-order valence-corrected chi connectivity index (χ2v) is 7.58. The fourth-order valence-corrected chi connectivity index (χ4v) is 3.53. The average molecular weight is 431 g/mol. The maximum atomic E-state index is 13.2. The Labute approximate surface area is 184 Å². The van der Waals surface area contributed by atoms with E-state index in [1.54, 1.807) is 12.0 Å². The first kappa shape index (κ1) is 23.7. The number of ether oxygens (including phenoxy) is 1. The van der Waals surface area contributed by atoms with E-state index in [1.807, 2.05) is 62.4 Å². The van der Waals surface area contributed by atoms with Crippen LogP contribution in [0.4, 0.5) is 0 Å². The Bertz CT molecular complexity index is 823. The van der Waals surface area contributed by atoms with Gasteiger partial charge >= 0.3 is 0 Å². The van der Waals surface area contributed by atoms with Crippen LogP contribution in [-0.4, -0.2) is 36.4 Å². The molecule has 5 nitrogen and oxygen atoms in total. The van der Waals surface area contributed by atoms with Crippen molar-refractivity contribution in [3.8, 4) is 5.75 Å². The van der Waals surface area contributed by atoms with Crippen LogP contribution in [0.5, 0.6) is 5.75 Å². The molecule has 0 radical (unpaired) electrons. The van der Waals surface area contributed by atoms with Crippen molar-refractivity contribution in [2.24, 2.45) is 0 Å². The van der Waals surface area contributed by atoms with Gasteiger partial charge in [0.25, 0.3) is 0 Å². The van der Waals surface area contributed by atoms with Gasteiger partial charge in [0, 0.05) is 24.5 Å². The molecule has 2 amide bonds. The molecule has 0 saturated heterocycles. The smallest absolute Gasteiger partial charge is 0.242 e. The minimum Gasteiger partial charge on any atom is -0.497 e. The Morgan fingerprint density at radius 2 is 1.80 bits per heavy atom. The number of hydrogen-bond donors (Lipinski definition) is 1. The fraction of sp³-hybridized carbons (Fsp3) is 0.417. The minimum absolute atomic E-state index is 0.0655. The lowest BCUT2D eigenvalue weighted by molar-refractivity contribution is -0.141. The van der Waals surface area contributed by atoms with Gasteiger partial charge in [0.1, 0.15) is 11.8 Å². The summed E-state index contributed by atoms with van der Waals surface area (Å²) in [6.45, 7) is 4.90. The lowest BCUT2D eigenvalue weighted by Crippen LogP contribution is -2.49. The van der Waals surface area contributed by atoms with Gasteiger partial charge in [0.15, 0.2) is 0 Å². The molecule has 0 fully saturated rings. The van der Waals surface area contributed by atoms with Gasteiger partial charge in [-0.25, -0.2) is 0 Å². The zero-order chi connectivity index (χ0) is 21.9. The van der Waals surface area contributed by atoms with Crippen LogP contribution >= 0.6 is 11.6 Å². The van der Waals surface area contributed by atoms with E-state index in [-0.39, 0.29) is 18.2 Å². The molecule has 0 aromatic heterocycles. The number of amides is 2. The van der Waals surface area contributed by atoms with Crippen molar-refractivity contribution in [3.05, 3.63) is 64.7 Å². The van der Waals surface area contributed by atoms with E-state index in [2.05, 4.69) is 5.32 Å². The summed E-state index contributed by atoms with van der Waals surface area (Å²) in [5, 5.41) is 3.58. The Balaban J connectivity index is 2.20.